The van der Waals surface area contributed by atoms with Gasteiger partial charge in [0.1, 0.15) is 0 Å². The van der Waals surface area contributed by atoms with E-state index in [9.17, 15) is 4.79 Å². The molecule has 0 unspecified atom stereocenters. The summed E-state index contributed by atoms with van der Waals surface area (Å²) in [6.07, 6.45) is -1.09. The van der Waals surface area contributed by atoms with Gasteiger partial charge in [0, 0.05) is 6.54 Å². The summed E-state index contributed by atoms with van der Waals surface area (Å²) in [5.74, 6) is 0. The van der Waals surface area contributed by atoms with Gasteiger partial charge in [-0.1, -0.05) is 24.3 Å². The molecule has 0 radical (unpaired) electrons. The summed E-state index contributed by atoms with van der Waals surface area (Å²) in [6, 6.07) is 6.32. The van der Waals surface area contributed by atoms with Crippen LogP contribution in [0.2, 0.25) is 0 Å². The largest absolute Gasteiger partial charge is 0.488 e. The highest BCUT2D eigenvalue weighted by molar-refractivity contribution is 6.58. The summed E-state index contributed by atoms with van der Waals surface area (Å²) in [4.78, 5) is 10.2. The van der Waals surface area contributed by atoms with Gasteiger partial charge >= 0.3 is 13.2 Å². The molecule has 0 heterocycles. The maximum Gasteiger partial charge on any atom is 0.488 e. The number of hydrogen-bond donors (Lipinski definition) is 4. The molecule has 1 rings (SSSR count). The van der Waals surface area contributed by atoms with Crippen LogP contribution in [0.25, 0.3) is 0 Å². The lowest BCUT2D eigenvalue weighted by atomic mass is 9.80. The number of hydrogen-bond acceptors (Lipinski definition) is 3. The summed E-state index contributed by atoms with van der Waals surface area (Å²) in [7, 11) is -1.49. The van der Waals surface area contributed by atoms with Crippen LogP contribution in [-0.2, 0) is 6.54 Å². The predicted molar refractivity (Wildman–Crippen MR) is 51.1 cm³/mol. The molecule has 0 atom stereocenters. The lowest BCUT2D eigenvalue weighted by molar-refractivity contribution is 0.194. The third-order valence-electron chi connectivity index (χ3n) is 1.72. The molecule has 4 N–H and O–H groups in total. The van der Waals surface area contributed by atoms with Gasteiger partial charge < -0.3 is 20.5 Å². The summed E-state index contributed by atoms with van der Waals surface area (Å²) in [5.41, 5.74) is 1.14. The Kier molecular flexibility index (Phi) is 3.50. The van der Waals surface area contributed by atoms with E-state index in [2.05, 4.69) is 5.32 Å². The molecule has 0 aliphatic rings. The molecule has 0 aliphatic heterocycles. The van der Waals surface area contributed by atoms with Crippen LogP contribution in [-0.4, -0.2) is 28.4 Å². The van der Waals surface area contributed by atoms with Gasteiger partial charge in [0.15, 0.2) is 0 Å². The van der Waals surface area contributed by atoms with Gasteiger partial charge in [-0.15, -0.1) is 0 Å². The van der Waals surface area contributed by atoms with E-state index in [4.69, 9.17) is 15.2 Å². The number of rotatable bonds is 3. The van der Waals surface area contributed by atoms with E-state index in [1.54, 1.807) is 12.1 Å². The monoisotopic (exact) mass is 195 g/mol. The highest BCUT2D eigenvalue weighted by Crippen LogP contribution is 1.96. The van der Waals surface area contributed by atoms with Crippen molar-refractivity contribution in [2.45, 2.75) is 6.54 Å². The fourth-order valence-corrected chi connectivity index (χ4v) is 0.985. The molecule has 1 aromatic carbocycles. The number of carbonyl (C=O) groups is 1. The zero-order valence-corrected chi connectivity index (χ0v) is 7.34. The van der Waals surface area contributed by atoms with E-state index in [1.165, 1.54) is 12.1 Å². The third kappa shape index (κ3) is 3.08. The summed E-state index contributed by atoms with van der Waals surface area (Å²) >= 11 is 0. The quantitative estimate of drug-likeness (QED) is 0.472. The number of nitrogens with one attached hydrogen (secondary N) is 1. The molecule has 1 aromatic rings. The van der Waals surface area contributed by atoms with E-state index in [0.29, 0.717) is 5.46 Å². The van der Waals surface area contributed by atoms with Crippen molar-refractivity contribution >= 4 is 18.7 Å². The Hall–Kier alpha value is -1.53. The van der Waals surface area contributed by atoms with Crippen molar-refractivity contribution in [3.05, 3.63) is 29.8 Å². The molecule has 0 fully saturated rings. The Morgan fingerprint density at radius 3 is 2.29 bits per heavy atom. The van der Waals surface area contributed by atoms with Crippen LogP contribution in [0.5, 0.6) is 0 Å². The Morgan fingerprint density at radius 2 is 1.86 bits per heavy atom. The molecule has 14 heavy (non-hydrogen) atoms. The van der Waals surface area contributed by atoms with Crippen molar-refractivity contribution in [1.29, 1.82) is 0 Å². The molecule has 0 aliphatic carbocycles. The highest BCUT2D eigenvalue weighted by atomic mass is 16.4. The molecule has 1 amide bonds. The SMILES string of the molecule is O=C(O)NCc1ccc(B(O)O)cc1. The first-order valence-corrected chi connectivity index (χ1v) is 4.01. The minimum Gasteiger partial charge on any atom is -0.465 e. The molecular formula is C8H10BNO4. The normalized spacial score (nSPS) is 9.57. The van der Waals surface area contributed by atoms with Gasteiger partial charge in [-0.3, -0.25) is 0 Å². The van der Waals surface area contributed by atoms with Crippen LogP contribution in [0.3, 0.4) is 0 Å². The molecule has 0 bridgehead atoms. The molecule has 0 spiro atoms. The smallest absolute Gasteiger partial charge is 0.465 e. The zero-order chi connectivity index (χ0) is 10.6. The van der Waals surface area contributed by atoms with Crippen molar-refractivity contribution in [1.82, 2.24) is 5.32 Å². The maximum absolute atomic E-state index is 10.2. The second-order valence-electron chi connectivity index (χ2n) is 2.77. The van der Waals surface area contributed by atoms with E-state index in [0.717, 1.165) is 5.56 Å². The average molecular weight is 195 g/mol. The van der Waals surface area contributed by atoms with Crippen molar-refractivity contribution in [2.75, 3.05) is 0 Å². The number of carboxylic acid groups (broad SMARTS) is 1. The van der Waals surface area contributed by atoms with Gasteiger partial charge in [0.2, 0.25) is 0 Å². The molecule has 5 nitrogen and oxygen atoms in total. The number of amides is 1. The Labute approximate surface area is 81.1 Å². The standard InChI is InChI=1S/C8H10BNO4/c11-8(12)10-5-6-1-3-7(4-2-6)9(13)14/h1-4,10,13-14H,5H2,(H,11,12). The van der Waals surface area contributed by atoms with Gasteiger partial charge in [0.05, 0.1) is 0 Å². The first-order chi connectivity index (χ1) is 6.59. The summed E-state index contributed by atoms with van der Waals surface area (Å²) in [5, 5.41) is 28.1. The minimum atomic E-state index is -1.49. The van der Waals surface area contributed by atoms with E-state index in [1.807, 2.05) is 0 Å². The van der Waals surface area contributed by atoms with E-state index >= 15 is 0 Å². The Balaban J connectivity index is 2.59. The number of benzene rings is 1. The Bertz CT molecular complexity index is 312. The van der Waals surface area contributed by atoms with E-state index < -0.39 is 13.2 Å². The first kappa shape index (κ1) is 10.6. The van der Waals surface area contributed by atoms with E-state index in [-0.39, 0.29) is 6.54 Å². The second kappa shape index (κ2) is 4.64. The van der Waals surface area contributed by atoms with Gasteiger partial charge in [-0.2, -0.15) is 0 Å². The third-order valence-corrected chi connectivity index (χ3v) is 1.72. The first-order valence-electron chi connectivity index (χ1n) is 4.01. The van der Waals surface area contributed by atoms with Crippen LogP contribution in [0.15, 0.2) is 24.3 Å². The lowest BCUT2D eigenvalue weighted by Crippen LogP contribution is -2.29. The van der Waals surface area contributed by atoms with Crippen LogP contribution in [0, 0.1) is 0 Å². The van der Waals surface area contributed by atoms with Gasteiger partial charge in [0.25, 0.3) is 0 Å². The van der Waals surface area contributed by atoms with Crippen LogP contribution >= 0.6 is 0 Å². The van der Waals surface area contributed by atoms with Gasteiger partial charge in [-0.25, -0.2) is 4.79 Å². The fourth-order valence-electron chi connectivity index (χ4n) is 0.985. The summed E-state index contributed by atoms with van der Waals surface area (Å²) < 4.78 is 0. The molecule has 0 saturated heterocycles. The molecule has 0 aromatic heterocycles. The topological polar surface area (TPSA) is 89.8 Å². The molecule has 0 saturated carbocycles. The highest BCUT2D eigenvalue weighted by Gasteiger charge is 2.09. The minimum absolute atomic E-state index is 0.205. The zero-order valence-electron chi connectivity index (χ0n) is 7.34. The average Bonchev–Trinajstić information content (AvgIpc) is 2.15. The predicted octanol–water partition coefficient (Wildman–Crippen LogP) is -0.866. The Morgan fingerprint density at radius 1 is 1.29 bits per heavy atom. The van der Waals surface area contributed by atoms with Crippen molar-refractivity contribution in [3.63, 3.8) is 0 Å². The van der Waals surface area contributed by atoms with Crippen molar-refractivity contribution in [2.24, 2.45) is 0 Å². The molecule has 74 valence electrons. The van der Waals surface area contributed by atoms with Crippen LogP contribution < -0.4 is 10.8 Å². The van der Waals surface area contributed by atoms with Crippen LogP contribution in [0.4, 0.5) is 4.79 Å². The lowest BCUT2D eigenvalue weighted by Gasteiger charge is -2.03. The maximum atomic E-state index is 10.2. The van der Waals surface area contributed by atoms with Crippen LogP contribution in [0.1, 0.15) is 5.56 Å². The molecule has 6 heteroatoms. The fraction of sp³-hybridized carbons (Fsp3) is 0.125. The van der Waals surface area contributed by atoms with Crippen molar-refractivity contribution < 1.29 is 19.9 Å². The van der Waals surface area contributed by atoms with Gasteiger partial charge in [-0.05, 0) is 11.0 Å². The van der Waals surface area contributed by atoms with Crippen molar-refractivity contribution in [3.8, 4) is 0 Å². The molecular weight excluding hydrogens is 185 g/mol. The summed E-state index contributed by atoms with van der Waals surface area (Å²) in [6.45, 7) is 0.205. The second-order valence-corrected chi connectivity index (χ2v) is 2.77.